The van der Waals surface area contributed by atoms with Gasteiger partial charge in [0.2, 0.25) is 5.91 Å². The van der Waals surface area contributed by atoms with Gasteiger partial charge in [0.05, 0.1) is 0 Å². The molecule has 2 N–H and O–H groups in total. The lowest BCUT2D eigenvalue weighted by Gasteiger charge is -2.34. The first-order chi connectivity index (χ1) is 10.5. The summed E-state index contributed by atoms with van der Waals surface area (Å²) in [5, 5.41) is 6.32. The average molecular weight is 339 g/mol. The second-order valence-corrected chi connectivity index (χ2v) is 6.63. The lowest BCUT2D eigenvalue weighted by Crippen LogP contribution is -2.42. The van der Waals surface area contributed by atoms with Crippen molar-refractivity contribution in [1.29, 1.82) is 0 Å². The molecule has 0 aliphatic carbocycles. The molecule has 2 rings (SSSR count). The van der Waals surface area contributed by atoms with Gasteiger partial charge in [-0.25, -0.2) is 0 Å². The van der Waals surface area contributed by atoms with Crippen LogP contribution in [0.2, 0.25) is 0 Å². The molecule has 4 nitrogen and oxygen atoms in total. The molecule has 128 valence electrons. The lowest BCUT2D eigenvalue weighted by molar-refractivity contribution is -0.121. The highest BCUT2D eigenvalue weighted by molar-refractivity contribution is 5.97. The molecule has 23 heavy (non-hydrogen) atoms. The first kappa shape index (κ1) is 19.7. The van der Waals surface area contributed by atoms with Gasteiger partial charge in [0.1, 0.15) is 0 Å². The highest BCUT2D eigenvalue weighted by atomic mass is 35.5. The van der Waals surface area contributed by atoms with Gasteiger partial charge in [0.25, 0.3) is 0 Å². The van der Waals surface area contributed by atoms with Gasteiger partial charge >= 0.3 is 0 Å². The molecule has 1 heterocycles. The maximum Gasteiger partial charge on any atom is 0.220 e. The maximum atomic E-state index is 12.0. The van der Waals surface area contributed by atoms with Crippen LogP contribution in [-0.2, 0) is 4.79 Å². The zero-order chi connectivity index (χ0) is 16.0. The molecule has 0 aromatic heterocycles. The Hall–Kier alpha value is -1.39. The van der Waals surface area contributed by atoms with Crippen molar-refractivity contribution < 1.29 is 9.59 Å². The smallest absolute Gasteiger partial charge is 0.220 e. The van der Waals surface area contributed by atoms with Crippen molar-refractivity contribution in [2.24, 2.45) is 5.41 Å². The Kier molecular flexibility index (Phi) is 7.73. The number of piperidine rings is 1. The number of aryl methyl sites for hydroxylation is 1. The van der Waals surface area contributed by atoms with E-state index in [1.54, 1.807) is 0 Å². The van der Waals surface area contributed by atoms with E-state index < -0.39 is 0 Å². The Morgan fingerprint density at radius 1 is 1.13 bits per heavy atom. The number of hydrogen-bond donors (Lipinski definition) is 2. The number of halogens is 1. The van der Waals surface area contributed by atoms with Crippen LogP contribution >= 0.6 is 12.4 Å². The normalized spacial score (nSPS) is 16.3. The molecule has 1 saturated heterocycles. The van der Waals surface area contributed by atoms with Crippen molar-refractivity contribution >= 4 is 24.1 Å². The summed E-state index contributed by atoms with van der Waals surface area (Å²) in [5.74, 6) is 0.00319. The molecule has 1 aliphatic heterocycles. The molecule has 5 heteroatoms. The van der Waals surface area contributed by atoms with Crippen LogP contribution in [0.1, 0.15) is 48.5 Å². The topological polar surface area (TPSA) is 58.2 Å². The monoisotopic (exact) mass is 338 g/mol. The summed E-state index contributed by atoms with van der Waals surface area (Å²) in [6.45, 7) is 6.93. The minimum atomic E-state index is -0.0276. The van der Waals surface area contributed by atoms with Gasteiger partial charge in [-0.1, -0.05) is 36.8 Å². The van der Waals surface area contributed by atoms with E-state index in [4.69, 9.17) is 0 Å². The Morgan fingerprint density at radius 3 is 2.35 bits per heavy atom. The number of hydrogen-bond acceptors (Lipinski definition) is 3. The number of benzene rings is 1. The standard InChI is InChI=1S/C18H26N2O2.ClH/c1-14-3-5-15(6-4-14)16(21)7-8-17(22)20-13-18(2)9-11-19-12-10-18;/h3-6,19H,7-13H2,1-2H3,(H,20,22);1H. The Bertz CT molecular complexity index is 522. The largest absolute Gasteiger partial charge is 0.356 e. The molecule has 0 atom stereocenters. The highest BCUT2D eigenvalue weighted by Gasteiger charge is 2.26. The first-order valence-corrected chi connectivity index (χ1v) is 8.06. The van der Waals surface area contributed by atoms with E-state index in [-0.39, 0.29) is 42.4 Å². The fourth-order valence-electron chi connectivity index (χ4n) is 2.72. The van der Waals surface area contributed by atoms with Crippen LogP contribution in [0, 0.1) is 12.3 Å². The summed E-state index contributed by atoms with van der Waals surface area (Å²) < 4.78 is 0. The van der Waals surface area contributed by atoms with Crippen LogP contribution in [0.25, 0.3) is 0 Å². The van der Waals surface area contributed by atoms with Crippen LogP contribution in [0.15, 0.2) is 24.3 Å². The molecule has 1 amide bonds. The summed E-state index contributed by atoms with van der Waals surface area (Å²) in [6, 6.07) is 7.49. The number of carbonyl (C=O) groups is 2. The third-order valence-electron chi connectivity index (χ3n) is 4.48. The van der Waals surface area contributed by atoms with Crippen LogP contribution < -0.4 is 10.6 Å². The van der Waals surface area contributed by atoms with E-state index >= 15 is 0 Å². The van der Waals surface area contributed by atoms with Crippen molar-refractivity contribution in [2.45, 2.75) is 39.5 Å². The maximum absolute atomic E-state index is 12.0. The first-order valence-electron chi connectivity index (χ1n) is 8.06. The molecule has 1 aromatic carbocycles. The van der Waals surface area contributed by atoms with Gasteiger partial charge in [-0.05, 0) is 38.3 Å². The summed E-state index contributed by atoms with van der Waals surface area (Å²) in [4.78, 5) is 24.0. The SMILES string of the molecule is Cc1ccc(C(=O)CCC(=O)NCC2(C)CCNCC2)cc1.Cl. The number of amides is 1. The van der Waals surface area contributed by atoms with Gasteiger partial charge in [0, 0.05) is 24.9 Å². The van der Waals surface area contributed by atoms with E-state index in [0.717, 1.165) is 31.5 Å². The quantitative estimate of drug-likeness (QED) is 0.784. The lowest BCUT2D eigenvalue weighted by atomic mass is 9.81. The van der Waals surface area contributed by atoms with Gasteiger partial charge in [-0.3, -0.25) is 9.59 Å². The van der Waals surface area contributed by atoms with E-state index in [0.29, 0.717) is 12.1 Å². The molecule has 1 aliphatic rings. The van der Waals surface area contributed by atoms with Crippen molar-refractivity contribution in [3.63, 3.8) is 0 Å². The minimum absolute atomic E-state index is 0. The number of rotatable bonds is 6. The van der Waals surface area contributed by atoms with Gasteiger partial charge in [-0.15, -0.1) is 12.4 Å². The second kappa shape index (κ2) is 9.04. The van der Waals surface area contributed by atoms with Crippen molar-refractivity contribution in [3.8, 4) is 0 Å². The number of ketones is 1. The van der Waals surface area contributed by atoms with Gasteiger partial charge in [-0.2, -0.15) is 0 Å². The van der Waals surface area contributed by atoms with E-state index in [1.807, 2.05) is 31.2 Å². The molecule has 0 bridgehead atoms. The second-order valence-electron chi connectivity index (χ2n) is 6.63. The minimum Gasteiger partial charge on any atom is -0.356 e. The Labute approximate surface area is 144 Å². The number of carbonyl (C=O) groups excluding carboxylic acids is 2. The molecular formula is C18H27ClN2O2. The molecule has 1 aromatic rings. The zero-order valence-corrected chi connectivity index (χ0v) is 14.8. The summed E-state index contributed by atoms with van der Waals surface area (Å²) >= 11 is 0. The third kappa shape index (κ3) is 6.32. The van der Waals surface area contributed by atoms with Gasteiger partial charge in [0.15, 0.2) is 5.78 Å². The average Bonchev–Trinajstić information content (AvgIpc) is 2.52. The van der Waals surface area contributed by atoms with E-state index in [2.05, 4.69) is 17.6 Å². The van der Waals surface area contributed by atoms with E-state index in [9.17, 15) is 9.59 Å². The Morgan fingerprint density at radius 2 is 1.74 bits per heavy atom. The fourth-order valence-corrected chi connectivity index (χ4v) is 2.72. The van der Waals surface area contributed by atoms with Crippen molar-refractivity contribution in [3.05, 3.63) is 35.4 Å². The zero-order valence-electron chi connectivity index (χ0n) is 14.0. The summed E-state index contributed by atoms with van der Waals surface area (Å²) in [7, 11) is 0. The predicted octanol–water partition coefficient (Wildman–Crippen LogP) is 2.89. The number of Topliss-reactive ketones (excluding diaryl/α,β-unsaturated/α-hetero) is 1. The molecule has 0 spiro atoms. The summed E-state index contributed by atoms with van der Waals surface area (Å²) in [5.41, 5.74) is 2.00. The van der Waals surface area contributed by atoms with Crippen LogP contribution in [0.3, 0.4) is 0 Å². The summed E-state index contributed by atoms with van der Waals surface area (Å²) in [6.07, 6.45) is 2.69. The molecule has 0 radical (unpaired) electrons. The Balaban J connectivity index is 0.00000264. The number of nitrogens with one attached hydrogen (secondary N) is 2. The molecule has 1 fully saturated rings. The van der Waals surface area contributed by atoms with Crippen molar-refractivity contribution in [2.75, 3.05) is 19.6 Å². The van der Waals surface area contributed by atoms with Crippen LogP contribution in [-0.4, -0.2) is 31.3 Å². The fraction of sp³-hybridized carbons (Fsp3) is 0.556. The van der Waals surface area contributed by atoms with E-state index in [1.165, 1.54) is 0 Å². The molecular weight excluding hydrogens is 312 g/mol. The molecule has 0 unspecified atom stereocenters. The van der Waals surface area contributed by atoms with Crippen molar-refractivity contribution in [1.82, 2.24) is 10.6 Å². The third-order valence-corrected chi connectivity index (χ3v) is 4.48. The van der Waals surface area contributed by atoms with Gasteiger partial charge < -0.3 is 10.6 Å². The highest BCUT2D eigenvalue weighted by Crippen LogP contribution is 2.26. The van der Waals surface area contributed by atoms with Crippen LogP contribution in [0.4, 0.5) is 0 Å². The van der Waals surface area contributed by atoms with Crippen LogP contribution in [0.5, 0.6) is 0 Å². The molecule has 0 saturated carbocycles. The predicted molar refractivity (Wildman–Crippen MR) is 95.2 cm³/mol.